The number of likely N-dealkylation sites (N-methyl/N-ethyl adjacent to an activating group) is 1. The van der Waals surface area contributed by atoms with Crippen LogP contribution in [0.3, 0.4) is 0 Å². The molecule has 1 aliphatic heterocycles. The van der Waals surface area contributed by atoms with Gasteiger partial charge in [0.1, 0.15) is 6.54 Å². The molecular formula is C22H36N6O. The zero-order chi connectivity index (χ0) is 21.2. The second kappa shape index (κ2) is 11.4. The number of anilines is 1. The normalized spacial score (nSPS) is 15.2. The summed E-state index contributed by atoms with van der Waals surface area (Å²) in [5.74, 6) is 1.47. The minimum absolute atomic E-state index is 0.00323. The van der Waals surface area contributed by atoms with Crippen molar-refractivity contribution < 1.29 is 4.79 Å². The Balaban J connectivity index is 1.84. The number of aliphatic imine (C=N–C) groups is 1. The quantitative estimate of drug-likeness (QED) is 0.412. The van der Waals surface area contributed by atoms with Gasteiger partial charge in [-0.25, -0.2) is 4.99 Å². The summed E-state index contributed by atoms with van der Waals surface area (Å²) in [6.45, 7) is 9.82. The lowest BCUT2D eigenvalue weighted by Crippen LogP contribution is -2.42. The van der Waals surface area contributed by atoms with Gasteiger partial charge in [0.25, 0.3) is 0 Å². The summed E-state index contributed by atoms with van der Waals surface area (Å²) < 4.78 is 0. The van der Waals surface area contributed by atoms with Crippen LogP contribution >= 0.6 is 0 Å². The van der Waals surface area contributed by atoms with E-state index in [2.05, 4.69) is 43.8 Å². The summed E-state index contributed by atoms with van der Waals surface area (Å²) in [5.41, 5.74) is 2.30. The van der Waals surface area contributed by atoms with E-state index in [-0.39, 0.29) is 12.5 Å². The maximum Gasteiger partial charge on any atom is 0.243 e. The van der Waals surface area contributed by atoms with Gasteiger partial charge in [-0.05, 0) is 44.2 Å². The zero-order valence-corrected chi connectivity index (χ0v) is 18.4. The lowest BCUT2D eigenvalue weighted by molar-refractivity contribution is -0.127. The topological polar surface area (TPSA) is 64.1 Å². The molecule has 7 nitrogen and oxygen atoms in total. The maximum atomic E-state index is 11.9. The van der Waals surface area contributed by atoms with E-state index in [1.165, 1.54) is 18.5 Å². The Labute approximate surface area is 175 Å². The number of aromatic nitrogens is 1. The lowest BCUT2D eigenvalue weighted by atomic mass is 9.93. The van der Waals surface area contributed by atoms with E-state index in [0.29, 0.717) is 12.5 Å². The fourth-order valence-electron chi connectivity index (χ4n) is 3.34. The largest absolute Gasteiger partial charge is 0.371 e. The van der Waals surface area contributed by atoms with Crippen LogP contribution in [0.25, 0.3) is 0 Å². The van der Waals surface area contributed by atoms with Gasteiger partial charge in [-0.3, -0.25) is 9.78 Å². The maximum absolute atomic E-state index is 11.9. The molecule has 0 radical (unpaired) electrons. The number of guanidine groups is 1. The molecule has 2 heterocycles. The number of hydrogen-bond donors (Lipinski definition) is 1. The smallest absolute Gasteiger partial charge is 0.243 e. The number of nitrogens with one attached hydrogen (secondary N) is 1. The number of amides is 1. The molecule has 1 fully saturated rings. The number of pyridine rings is 1. The summed E-state index contributed by atoms with van der Waals surface area (Å²) in [5, 5.41) is 3.32. The summed E-state index contributed by atoms with van der Waals surface area (Å²) in [4.78, 5) is 26.7. The number of carbonyl (C=O) groups excluding carboxylic acids is 1. The molecule has 29 heavy (non-hydrogen) atoms. The Morgan fingerprint density at radius 2 is 1.93 bits per heavy atom. The minimum Gasteiger partial charge on any atom is -0.371 e. The minimum atomic E-state index is -0.00323. The number of rotatable bonds is 8. The number of hydrogen-bond acceptors (Lipinski definition) is 4. The molecule has 0 aliphatic carbocycles. The van der Waals surface area contributed by atoms with Gasteiger partial charge in [0, 0.05) is 65.4 Å². The molecule has 1 N–H and O–H groups in total. The summed E-state index contributed by atoms with van der Waals surface area (Å²) in [7, 11) is 5.54. The monoisotopic (exact) mass is 400 g/mol. The van der Waals surface area contributed by atoms with Gasteiger partial charge < -0.3 is 20.0 Å². The summed E-state index contributed by atoms with van der Waals surface area (Å²) >= 11 is 0. The van der Waals surface area contributed by atoms with Crippen molar-refractivity contribution >= 4 is 17.6 Å². The van der Waals surface area contributed by atoms with Crippen LogP contribution in [0.2, 0.25) is 0 Å². The van der Waals surface area contributed by atoms with Crippen LogP contribution in [0.15, 0.2) is 41.7 Å². The number of piperidine rings is 1. The first-order valence-electron chi connectivity index (χ1n) is 10.4. The van der Waals surface area contributed by atoms with Crippen molar-refractivity contribution in [2.45, 2.75) is 26.2 Å². The SMILES string of the molecule is C=C(C)CNC(=NCC(=O)N(C)C)N(C)CCC1CCN(c2ccncc2)CC1. The van der Waals surface area contributed by atoms with Gasteiger partial charge in [0.05, 0.1) is 0 Å². The second-order valence-corrected chi connectivity index (χ2v) is 8.08. The third kappa shape index (κ3) is 7.75. The fraction of sp³-hybridized carbons (Fsp3) is 0.591. The molecule has 0 atom stereocenters. The van der Waals surface area contributed by atoms with Crippen molar-refractivity contribution in [1.29, 1.82) is 0 Å². The van der Waals surface area contributed by atoms with Crippen molar-refractivity contribution in [3.05, 3.63) is 36.7 Å². The van der Waals surface area contributed by atoms with Crippen LogP contribution in [0.4, 0.5) is 5.69 Å². The van der Waals surface area contributed by atoms with E-state index >= 15 is 0 Å². The van der Waals surface area contributed by atoms with E-state index in [0.717, 1.165) is 37.6 Å². The van der Waals surface area contributed by atoms with Crippen molar-refractivity contribution in [3.63, 3.8) is 0 Å². The highest BCUT2D eigenvalue weighted by atomic mass is 16.2. The van der Waals surface area contributed by atoms with Gasteiger partial charge in [-0.2, -0.15) is 0 Å². The Hall–Kier alpha value is -2.57. The first kappa shape index (κ1) is 22.7. The molecule has 0 aromatic carbocycles. The molecule has 0 spiro atoms. The second-order valence-electron chi connectivity index (χ2n) is 8.08. The predicted octanol–water partition coefficient (Wildman–Crippen LogP) is 2.23. The molecule has 160 valence electrons. The predicted molar refractivity (Wildman–Crippen MR) is 120 cm³/mol. The Bertz CT molecular complexity index is 680. The third-order valence-electron chi connectivity index (χ3n) is 5.29. The Morgan fingerprint density at radius 3 is 2.52 bits per heavy atom. The average molecular weight is 401 g/mol. The first-order valence-corrected chi connectivity index (χ1v) is 10.4. The average Bonchev–Trinajstić information content (AvgIpc) is 2.72. The van der Waals surface area contributed by atoms with Gasteiger partial charge in [-0.15, -0.1) is 0 Å². The molecule has 1 amide bonds. The van der Waals surface area contributed by atoms with Crippen molar-refractivity contribution in [1.82, 2.24) is 20.1 Å². The molecular weight excluding hydrogens is 364 g/mol. The number of nitrogens with zero attached hydrogens (tertiary/aromatic N) is 5. The fourth-order valence-corrected chi connectivity index (χ4v) is 3.34. The highest BCUT2D eigenvalue weighted by molar-refractivity contribution is 5.84. The van der Waals surface area contributed by atoms with Gasteiger partial charge in [0.2, 0.25) is 5.91 Å². The van der Waals surface area contributed by atoms with Crippen LogP contribution in [0.1, 0.15) is 26.2 Å². The van der Waals surface area contributed by atoms with Crippen molar-refractivity contribution in [2.75, 3.05) is 58.8 Å². The third-order valence-corrected chi connectivity index (χ3v) is 5.29. The van der Waals surface area contributed by atoms with E-state index < -0.39 is 0 Å². The van der Waals surface area contributed by atoms with E-state index in [1.807, 2.05) is 26.4 Å². The Morgan fingerprint density at radius 1 is 1.28 bits per heavy atom. The van der Waals surface area contributed by atoms with E-state index in [9.17, 15) is 4.79 Å². The number of carbonyl (C=O) groups is 1. The molecule has 1 saturated heterocycles. The summed E-state index contributed by atoms with van der Waals surface area (Å²) in [6.07, 6.45) is 7.23. The molecule has 1 aromatic rings. The molecule has 1 aromatic heterocycles. The van der Waals surface area contributed by atoms with Crippen LogP contribution in [0.5, 0.6) is 0 Å². The van der Waals surface area contributed by atoms with E-state index in [4.69, 9.17) is 0 Å². The molecule has 1 aliphatic rings. The first-order chi connectivity index (χ1) is 13.9. The molecule has 0 bridgehead atoms. The molecule has 2 rings (SSSR count). The van der Waals surface area contributed by atoms with Crippen molar-refractivity contribution in [3.8, 4) is 0 Å². The van der Waals surface area contributed by atoms with E-state index in [1.54, 1.807) is 19.0 Å². The van der Waals surface area contributed by atoms with Crippen LogP contribution in [-0.4, -0.2) is 80.5 Å². The highest BCUT2D eigenvalue weighted by Gasteiger charge is 2.20. The van der Waals surface area contributed by atoms with Crippen molar-refractivity contribution in [2.24, 2.45) is 10.9 Å². The molecule has 0 unspecified atom stereocenters. The Kier molecular flexibility index (Phi) is 8.96. The van der Waals surface area contributed by atoms with Gasteiger partial charge in [0.15, 0.2) is 5.96 Å². The molecule has 0 saturated carbocycles. The van der Waals surface area contributed by atoms with Crippen LogP contribution in [0, 0.1) is 5.92 Å². The van der Waals surface area contributed by atoms with Gasteiger partial charge in [-0.1, -0.05) is 12.2 Å². The standard InChI is InChI=1S/C22H36N6O/c1-18(2)16-24-22(25-17-21(29)26(3)4)27(5)13-8-19-9-14-28(15-10-19)20-6-11-23-12-7-20/h6-7,11-12,19H,1,8-10,13-17H2,2-5H3,(H,24,25). The summed E-state index contributed by atoms with van der Waals surface area (Å²) in [6, 6.07) is 4.16. The van der Waals surface area contributed by atoms with Gasteiger partial charge >= 0.3 is 0 Å². The van der Waals surface area contributed by atoms with Crippen LogP contribution in [-0.2, 0) is 4.79 Å². The van der Waals surface area contributed by atoms with Crippen LogP contribution < -0.4 is 10.2 Å². The molecule has 7 heteroatoms. The zero-order valence-electron chi connectivity index (χ0n) is 18.4. The lowest BCUT2D eigenvalue weighted by Gasteiger charge is -2.34. The highest BCUT2D eigenvalue weighted by Crippen LogP contribution is 2.24.